The van der Waals surface area contributed by atoms with E-state index in [4.69, 9.17) is 4.52 Å². The number of aromatic nitrogens is 2. The van der Waals surface area contributed by atoms with E-state index in [9.17, 15) is 13.2 Å². The lowest BCUT2D eigenvalue weighted by Gasteiger charge is -2.30. The van der Waals surface area contributed by atoms with Crippen LogP contribution in [0.15, 0.2) is 33.7 Å². The molecule has 10 heteroatoms. The topological polar surface area (TPSA) is 54.2 Å². The van der Waals surface area contributed by atoms with E-state index in [1.807, 2.05) is 7.05 Å². The van der Waals surface area contributed by atoms with E-state index in [-0.39, 0.29) is 35.1 Å². The molecule has 2 aromatic rings. The van der Waals surface area contributed by atoms with Crippen molar-refractivity contribution in [3.8, 4) is 0 Å². The highest BCUT2D eigenvalue weighted by Gasteiger charge is 2.29. The first kappa shape index (κ1) is 20.8. The number of thioether (sulfide) groups is 1. The number of hydrogen-bond acceptors (Lipinski definition) is 6. The quantitative estimate of drug-likeness (QED) is 0.778. The van der Waals surface area contributed by atoms with Crippen LogP contribution in [0, 0.1) is 0 Å². The second-order valence-corrected chi connectivity index (χ2v) is 6.78. The Morgan fingerprint density at radius 3 is 2.65 bits per heavy atom. The second kappa shape index (κ2) is 8.90. The van der Waals surface area contributed by atoms with Gasteiger partial charge in [0.15, 0.2) is 5.82 Å². The first-order chi connectivity index (χ1) is 11.9. The number of nitrogens with zero attached hydrogens (tertiary/aromatic N) is 3. The van der Waals surface area contributed by atoms with Gasteiger partial charge in [0, 0.05) is 30.6 Å². The first-order valence-corrected chi connectivity index (χ1v) is 8.51. The lowest BCUT2D eigenvalue weighted by atomic mass is 10.2. The van der Waals surface area contributed by atoms with E-state index in [1.165, 1.54) is 12.1 Å². The minimum Gasteiger partial charge on any atom is -0.335 e. The Morgan fingerprint density at radius 2 is 2.00 bits per heavy atom. The van der Waals surface area contributed by atoms with E-state index in [2.05, 4.69) is 20.4 Å². The highest BCUT2D eigenvalue weighted by molar-refractivity contribution is 8.00. The van der Waals surface area contributed by atoms with Crippen LogP contribution in [0.5, 0.6) is 0 Å². The standard InChI is InChI=1S/C16H17F3N4OS.ClH/c1-23-9-8-20-10-13(23)15-21-14(24-22-15)7-4-11-2-5-12(6-3-11)25-16(17,18)19;/h2-7,13,20H,8-10H2,1H3;1H/b7-4+;. The van der Waals surface area contributed by atoms with Crippen molar-refractivity contribution in [2.24, 2.45) is 0 Å². The molecular formula is C16H18ClF3N4OS. The van der Waals surface area contributed by atoms with Crippen LogP contribution in [0.4, 0.5) is 13.2 Å². The lowest BCUT2D eigenvalue weighted by molar-refractivity contribution is -0.0328. The number of nitrogens with one attached hydrogen (secondary N) is 1. The van der Waals surface area contributed by atoms with E-state index in [0.29, 0.717) is 11.7 Å². The van der Waals surface area contributed by atoms with Gasteiger partial charge in [-0.15, -0.1) is 12.4 Å². The fraction of sp³-hybridized carbons (Fsp3) is 0.375. The average Bonchev–Trinajstić information content (AvgIpc) is 3.02. The van der Waals surface area contributed by atoms with Crippen molar-refractivity contribution >= 4 is 36.3 Å². The summed E-state index contributed by atoms with van der Waals surface area (Å²) in [7, 11) is 2.01. The van der Waals surface area contributed by atoms with Crippen LogP contribution in [0.2, 0.25) is 0 Å². The van der Waals surface area contributed by atoms with Crippen molar-refractivity contribution < 1.29 is 17.7 Å². The molecule has 1 aromatic heterocycles. The van der Waals surface area contributed by atoms with Crippen LogP contribution in [-0.2, 0) is 0 Å². The molecule has 1 aromatic carbocycles. The zero-order chi connectivity index (χ0) is 17.9. The smallest absolute Gasteiger partial charge is 0.335 e. The third kappa shape index (κ3) is 5.73. The van der Waals surface area contributed by atoms with Gasteiger partial charge in [0.25, 0.3) is 5.89 Å². The van der Waals surface area contributed by atoms with E-state index in [1.54, 1.807) is 24.3 Å². The molecule has 1 atom stereocenters. The summed E-state index contributed by atoms with van der Waals surface area (Å²) in [6, 6.07) is 6.15. The fourth-order valence-corrected chi connectivity index (χ4v) is 3.03. The summed E-state index contributed by atoms with van der Waals surface area (Å²) >= 11 is -0.132. The van der Waals surface area contributed by atoms with Gasteiger partial charge < -0.3 is 9.84 Å². The van der Waals surface area contributed by atoms with Crippen molar-refractivity contribution in [2.45, 2.75) is 16.4 Å². The fourth-order valence-electron chi connectivity index (χ4n) is 2.49. The molecule has 2 heterocycles. The van der Waals surface area contributed by atoms with Crippen LogP contribution in [-0.4, -0.2) is 47.2 Å². The molecule has 1 fully saturated rings. The molecule has 0 saturated carbocycles. The van der Waals surface area contributed by atoms with Gasteiger partial charge in [-0.05, 0) is 42.6 Å². The molecule has 1 aliphatic heterocycles. The van der Waals surface area contributed by atoms with Gasteiger partial charge in [0.05, 0.1) is 6.04 Å². The van der Waals surface area contributed by atoms with E-state index >= 15 is 0 Å². The van der Waals surface area contributed by atoms with Gasteiger partial charge >= 0.3 is 5.51 Å². The van der Waals surface area contributed by atoms with Crippen molar-refractivity contribution in [1.29, 1.82) is 0 Å². The largest absolute Gasteiger partial charge is 0.446 e. The minimum atomic E-state index is -4.28. The van der Waals surface area contributed by atoms with Crippen LogP contribution >= 0.6 is 24.2 Å². The molecule has 0 bridgehead atoms. The third-order valence-corrected chi connectivity index (χ3v) is 4.54. The van der Waals surface area contributed by atoms with E-state index < -0.39 is 5.51 Å². The zero-order valence-corrected chi connectivity index (χ0v) is 15.5. The Bertz CT molecular complexity index is 736. The summed E-state index contributed by atoms with van der Waals surface area (Å²) in [5.74, 6) is 0.981. The molecule has 1 unspecified atom stereocenters. The number of hydrogen-bond donors (Lipinski definition) is 1. The molecule has 0 spiro atoms. The Kier molecular flexibility index (Phi) is 7.10. The highest BCUT2D eigenvalue weighted by atomic mass is 35.5. The summed E-state index contributed by atoms with van der Waals surface area (Å²) in [5.41, 5.74) is -3.53. The Balaban J connectivity index is 0.00000243. The molecule has 1 N–H and O–H groups in total. The molecule has 0 aliphatic carbocycles. The SMILES string of the molecule is CN1CCNCC1c1noc(/C=C/c2ccc(SC(F)(F)F)cc2)n1.Cl. The van der Waals surface area contributed by atoms with Crippen molar-refractivity contribution in [3.05, 3.63) is 41.5 Å². The van der Waals surface area contributed by atoms with E-state index in [0.717, 1.165) is 25.2 Å². The number of likely N-dealkylation sites (N-methyl/N-ethyl adjacent to an activating group) is 1. The Morgan fingerprint density at radius 1 is 1.27 bits per heavy atom. The number of halogens is 4. The van der Waals surface area contributed by atoms with Crippen molar-refractivity contribution in [3.63, 3.8) is 0 Å². The monoisotopic (exact) mass is 406 g/mol. The van der Waals surface area contributed by atoms with Crippen molar-refractivity contribution in [2.75, 3.05) is 26.7 Å². The third-order valence-electron chi connectivity index (χ3n) is 3.80. The normalized spacial score (nSPS) is 18.8. The molecular weight excluding hydrogens is 389 g/mol. The number of alkyl halides is 3. The van der Waals surface area contributed by atoms with Gasteiger partial charge in [-0.2, -0.15) is 18.2 Å². The second-order valence-electron chi connectivity index (χ2n) is 5.64. The molecule has 1 aliphatic rings. The van der Waals surface area contributed by atoms with Gasteiger partial charge in [0.1, 0.15) is 0 Å². The van der Waals surface area contributed by atoms with Gasteiger partial charge in [-0.3, -0.25) is 4.90 Å². The van der Waals surface area contributed by atoms with Crippen LogP contribution in [0.25, 0.3) is 12.2 Å². The Hall–Kier alpha value is -1.55. The van der Waals surface area contributed by atoms with Crippen LogP contribution < -0.4 is 5.32 Å². The van der Waals surface area contributed by atoms with Gasteiger partial charge in [0.2, 0.25) is 0 Å². The van der Waals surface area contributed by atoms with Crippen molar-refractivity contribution in [1.82, 2.24) is 20.4 Å². The molecule has 0 amide bonds. The molecule has 3 rings (SSSR count). The average molecular weight is 407 g/mol. The summed E-state index contributed by atoms with van der Waals surface area (Å²) in [6.07, 6.45) is 3.38. The highest BCUT2D eigenvalue weighted by Crippen LogP contribution is 2.36. The Labute approximate surface area is 159 Å². The van der Waals surface area contributed by atoms with Crippen LogP contribution in [0.1, 0.15) is 23.3 Å². The van der Waals surface area contributed by atoms with Crippen LogP contribution in [0.3, 0.4) is 0 Å². The molecule has 0 radical (unpaired) electrons. The zero-order valence-electron chi connectivity index (χ0n) is 13.9. The first-order valence-electron chi connectivity index (χ1n) is 7.69. The maximum absolute atomic E-state index is 12.3. The maximum Gasteiger partial charge on any atom is 0.446 e. The molecule has 1 saturated heterocycles. The number of rotatable bonds is 4. The molecule has 5 nitrogen and oxygen atoms in total. The summed E-state index contributed by atoms with van der Waals surface area (Å²) in [5, 5.41) is 7.30. The number of benzene rings is 1. The van der Waals surface area contributed by atoms with Gasteiger partial charge in [-0.25, -0.2) is 0 Å². The summed E-state index contributed by atoms with van der Waals surface area (Å²) in [6.45, 7) is 2.60. The summed E-state index contributed by atoms with van der Waals surface area (Å²) in [4.78, 5) is 6.68. The minimum absolute atomic E-state index is 0. The lowest BCUT2D eigenvalue weighted by Crippen LogP contribution is -2.44. The maximum atomic E-state index is 12.3. The molecule has 142 valence electrons. The predicted molar refractivity (Wildman–Crippen MR) is 97.1 cm³/mol. The number of piperazine rings is 1. The van der Waals surface area contributed by atoms with Gasteiger partial charge in [-0.1, -0.05) is 17.3 Å². The summed E-state index contributed by atoms with van der Waals surface area (Å²) < 4.78 is 42.1. The predicted octanol–water partition coefficient (Wildman–Crippen LogP) is 3.85. The molecule has 26 heavy (non-hydrogen) atoms.